The zero-order chi connectivity index (χ0) is 12.4. The van der Waals surface area contributed by atoms with Gasteiger partial charge in [0.25, 0.3) is 0 Å². The molecule has 0 fully saturated rings. The molecule has 0 heterocycles. The van der Waals surface area contributed by atoms with E-state index in [4.69, 9.17) is 5.11 Å². The summed E-state index contributed by atoms with van der Waals surface area (Å²) < 4.78 is 0. The Labute approximate surface area is 99.1 Å². The second kappa shape index (κ2) is 9.34. The van der Waals surface area contributed by atoms with Crippen LogP contribution in [0.2, 0.25) is 0 Å². The molecule has 0 amide bonds. The lowest BCUT2D eigenvalue weighted by molar-refractivity contribution is -0.118. The first-order valence-electron chi connectivity index (χ1n) is 6.04. The summed E-state index contributed by atoms with van der Waals surface area (Å²) in [4.78, 5) is 11.1. The fourth-order valence-electron chi connectivity index (χ4n) is 1.37. The summed E-state index contributed by atoms with van der Waals surface area (Å²) in [6.45, 7) is 6.08. The van der Waals surface area contributed by atoms with Crippen LogP contribution in [0.15, 0.2) is 23.3 Å². The molecular formula is C14H24O2. The van der Waals surface area contributed by atoms with Crippen molar-refractivity contribution < 1.29 is 9.90 Å². The normalized spacial score (nSPS) is 13.0. The van der Waals surface area contributed by atoms with Gasteiger partial charge in [-0.1, -0.05) is 30.2 Å². The number of aliphatic hydroxyl groups excluding tert-OH is 1. The van der Waals surface area contributed by atoms with E-state index in [0.717, 1.165) is 24.8 Å². The van der Waals surface area contributed by atoms with Gasteiger partial charge in [-0.25, -0.2) is 0 Å². The number of aliphatic hydroxyl groups is 1. The third-order valence-corrected chi connectivity index (χ3v) is 2.59. The number of carbonyl (C=O) groups excluding carboxylic acids is 1. The molecule has 0 unspecified atom stereocenters. The number of allylic oxidation sites excluding steroid dienone is 3. The summed E-state index contributed by atoms with van der Waals surface area (Å²) in [6.07, 6.45) is 8.37. The predicted molar refractivity (Wildman–Crippen MR) is 68.4 cm³/mol. The minimum absolute atomic E-state index is 0.147. The highest BCUT2D eigenvalue weighted by Crippen LogP contribution is 2.09. The Kier molecular flexibility index (Phi) is 8.82. The van der Waals surface area contributed by atoms with Crippen molar-refractivity contribution in [2.45, 2.75) is 52.9 Å². The number of ketones is 1. The Morgan fingerprint density at radius 2 is 1.62 bits per heavy atom. The zero-order valence-corrected chi connectivity index (χ0v) is 10.8. The van der Waals surface area contributed by atoms with Crippen molar-refractivity contribution in [2.75, 3.05) is 6.61 Å². The number of hydrogen-bond donors (Lipinski definition) is 1. The molecule has 0 bridgehead atoms. The van der Waals surface area contributed by atoms with Gasteiger partial charge >= 0.3 is 0 Å². The monoisotopic (exact) mass is 224 g/mol. The highest BCUT2D eigenvalue weighted by atomic mass is 16.3. The lowest BCUT2D eigenvalue weighted by atomic mass is 10.1. The molecular weight excluding hydrogens is 200 g/mol. The van der Waals surface area contributed by atoms with E-state index < -0.39 is 0 Å². The molecule has 2 heteroatoms. The van der Waals surface area contributed by atoms with Crippen molar-refractivity contribution in [3.05, 3.63) is 23.3 Å². The standard InChI is InChI=1S/C14H24O2/c1-4-14(16)10-6-8-12(2)7-5-9-13(3)11-15/h8-9,15H,4-7,10-11H2,1-3H3/b12-8-,13-9+. The molecule has 0 aromatic rings. The molecule has 0 aromatic carbocycles. The van der Waals surface area contributed by atoms with E-state index in [1.807, 2.05) is 13.8 Å². The Bertz CT molecular complexity index is 262. The number of hydrogen-bond acceptors (Lipinski definition) is 2. The van der Waals surface area contributed by atoms with Gasteiger partial charge in [-0.05, 0) is 33.1 Å². The van der Waals surface area contributed by atoms with Crippen LogP contribution in [-0.4, -0.2) is 17.5 Å². The van der Waals surface area contributed by atoms with Crippen molar-refractivity contribution in [3.63, 3.8) is 0 Å². The maximum absolute atomic E-state index is 11.1. The minimum Gasteiger partial charge on any atom is -0.392 e. The first kappa shape index (κ1) is 15.1. The maximum atomic E-state index is 11.1. The van der Waals surface area contributed by atoms with Crippen LogP contribution in [0.25, 0.3) is 0 Å². The lowest BCUT2D eigenvalue weighted by Crippen LogP contribution is -1.93. The van der Waals surface area contributed by atoms with Crippen molar-refractivity contribution in [3.8, 4) is 0 Å². The van der Waals surface area contributed by atoms with Gasteiger partial charge in [0.15, 0.2) is 0 Å². The van der Waals surface area contributed by atoms with Crippen LogP contribution >= 0.6 is 0 Å². The van der Waals surface area contributed by atoms with Crippen LogP contribution in [0.3, 0.4) is 0 Å². The molecule has 2 nitrogen and oxygen atoms in total. The fourth-order valence-corrected chi connectivity index (χ4v) is 1.37. The molecule has 0 saturated heterocycles. The van der Waals surface area contributed by atoms with Crippen molar-refractivity contribution in [1.82, 2.24) is 0 Å². The van der Waals surface area contributed by atoms with Gasteiger partial charge in [0.1, 0.15) is 5.78 Å². The quantitative estimate of drug-likeness (QED) is 0.641. The molecule has 0 aliphatic rings. The predicted octanol–water partition coefficient (Wildman–Crippen LogP) is 3.41. The smallest absolute Gasteiger partial charge is 0.132 e. The van der Waals surface area contributed by atoms with Crippen LogP contribution in [0, 0.1) is 0 Å². The van der Waals surface area contributed by atoms with E-state index in [0.29, 0.717) is 18.6 Å². The Balaban J connectivity index is 3.75. The van der Waals surface area contributed by atoms with Crippen molar-refractivity contribution in [2.24, 2.45) is 0 Å². The van der Waals surface area contributed by atoms with Crippen LogP contribution in [0.4, 0.5) is 0 Å². The zero-order valence-electron chi connectivity index (χ0n) is 10.8. The average molecular weight is 224 g/mol. The fraction of sp³-hybridized carbons (Fsp3) is 0.643. The van der Waals surface area contributed by atoms with Gasteiger partial charge < -0.3 is 5.11 Å². The molecule has 0 radical (unpaired) electrons. The van der Waals surface area contributed by atoms with Crippen LogP contribution in [-0.2, 0) is 4.79 Å². The van der Waals surface area contributed by atoms with E-state index in [2.05, 4.69) is 19.1 Å². The Morgan fingerprint density at radius 3 is 2.19 bits per heavy atom. The summed E-state index contributed by atoms with van der Waals surface area (Å²) in [5.74, 6) is 0.333. The number of Topliss-reactive ketones (excluding diaryl/α,β-unsaturated/α-hetero) is 1. The van der Waals surface area contributed by atoms with Gasteiger partial charge in [0.05, 0.1) is 6.61 Å². The van der Waals surface area contributed by atoms with E-state index in [9.17, 15) is 4.79 Å². The molecule has 92 valence electrons. The Hall–Kier alpha value is -0.890. The third-order valence-electron chi connectivity index (χ3n) is 2.59. The lowest BCUT2D eigenvalue weighted by Gasteiger charge is -2.00. The molecule has 0 saturated carbocycles. The first-order chi connectivity index (χ1) is 7.60. The number of rotatable bonds is 8. The highest BCUT2D eigenvalue weighted by Gasteiger charge is 1.96. The van der Waals surface area contributed by atoms with E-state index in [-0.39, 0.29) is 6.61 Å². The van der Waals surface area contributed by atoms with E-state index in [1.165, 1.54) is 5.57 Å². The minimum atomic E-state index is 0.147. The van der Waals surface area contributed by atoms with Gasteiger partial charge in [-0.15, -0.1) is 0 Å². The average Bonchev–Trinajstić information content (AvgIpc) is 2.28. The summed E-state index contributed by atoms with van der Waals surface area (Å²) in [7, 11) is 0. The van der Waals surface area contributed by atoms with E-state index in [1.54, 1.807) is 0 Å². The summed E-state index contributed by atoms with van der Waals surface area (Å²) in [6, 6.07) is 0. The second-order valence-electron chi connectivity index (χ2n) is 4.23. The van der Waals surface area contributed by atoms with E-state index >= 15 is 0 Å². The van der Waals surface area contributed by atoms with Crippen LogP contribution < -0.4 is 0 Å². The van der Waals surface area contributed by atoms with Gasteiger partial charge in [-0.3, -0.25) is 4.79 Å². The Morgan fingerprint density at radius 1 is 1.06 bits per heavy atom. The number of carbonyl (C=O) groups is 1. The molecule has 0 aliphatic heterocycles. The van der Waals surface area contributed by atoms with Crippen molar-refractivity contribution in [1.29, 1.82) is 0 Å². The largest absolute Gasteiger partial charge is 0.392 e. The van der Waals surface area contributed by atoms with Gasteiger partial charge in [-0.2, -0.15) is 0 Å². The topological polar surface area (TPSA) is 37.3 Å². The SMILES string of the molecule is CCC(=O)CC/C=C(/C)CC/C=C(\C)CO. The molecule has 0 spiro atoms. The molecule has 0 rings (SSSR count). The summed E-state index contributed by atoms with van der Waals surface area (Å²) in [5, 5.41) is 8.81. The van der Waals surface area contributed by atoms with Gasteiger partial charge in [0, 0.05) is 12.8 Å². The van der Waals surface area contributed by atoms with Gasteiger partial charge in [0.2, 0.25) is 0 Å². The second-order valence-corrected chi connectivity index (χ2v) is 4.23. The molecule has 1 N–H and O–H groups in total. The summed E-state index contributed by atoms with van der Waals surface area (Å²) in [5.41, 5.74) is 2.35. The summed E-state index contributed by atoms with van der Waals surface area (Å²) >= 11 is 0. The molecule has 0 aromatic heterocycles. The first-order valence-corrected chi connectivity index (χ1v) is 6.04. The van der Waals surface area contributed by atoms with Crippen LogP contribution in [0.1, 0.15) is 52.9 Å². The van der Waals surface area contributed by atoms with Crippen molar-refractivity contribution >= 4 is 5.78 Å². The van der Waals surface area contributed by atoms with Crippen LogP contribution in [0.5, 0.6) is 0 Å². The molecule has 0 aliphatic carbocycles. The third kappa shape index (κ3) is 8.42. The highest BCUT2D eigenvalue weighted by molar-refractivity contribution is 5.78. The maximum Gasteiger partial charge on any atom is 0.132 e. The molecule has 0 atom stereocenters. The molecule has 16 heavy (non-hydrogen) atoms.